The van der Waals surface area contributed by atoms with Crippen molar-refractivity contribution in [2.75, 3.05) is 6.54 Å². The van der Waals surface area contributed by atoms with E-state index in [1.165, 1.54) is 38.5 Å². The fourth-order valence-corrected chi connectivity index (χ4v) is 3.84. The first-order valence-corrected chi connectivity index (χ1v) is 8.61. The monoisotopic (exact) mass is 273 g/mol. The lowest BCUT2D eigenvalue weighted by atomic mass is 9.82. The standard InChI is InChI=1S/C19H31N/c1-4-15(5-2)14-17-12-9-11-16-10-7-8-13-18(16)19(17)20-6-3/h7-8,10,13,15,17,19-20H,4-6,9,11-12,14H2,1-3H3. The van der Waals surface area contributed by atoms with Crippen molar-refractivity contribution < 1.29 is 0 Å². The largest absolute Gasteiger partial charge is 0.310 e. The van der Waals surface area contributed by atoms with Crippen LogP contribution < -0.4 is 5.32 Å². The van der Waals surface area contributed by atoms with Crippen LogP contribution in [0.4, 0.5) is 0 Å². The predicted octanol–water partition coefficient (Wildman–Crippen LogP) is 5.12. The molecule has 1 nitrogen and oxygen atoms in total. The molecule has 0 saturated heterocycles. The highest BCUT2D eigenvalue weighted by Crippen LogP contribution is 2.37. The first kappa shape index (κ1) is 15.6. The molecular weight excluding hydrogens is 242 g/mol. The molecule has 1 aliphatic carbocycles. The Morgan fingerprint density at radius 3 is 2.60 bits per heavy atom. The van der Waals surface area contributed by atoms with Crippen LogP contribution in [0.15, 0.2) is 24.3 Å². The molecule has 1 aromatic carbocycles. The lowest BCUT2D eigenvalue weighted by molar-refractivity contribution is 0.269. The Balaban J connectivity index is 2.22. The molecule has 1 aliphatic rings. The van der Waals surface area contributed by atoms with Gasteiger partial charge in [-0.1, -0.05) is 57.9 Å². The van der Waals surface area contributed by atoms with Crippen LogP contribution in [0.25, 0.3) is 0 Å². The molecule has 1 aromatic rings. The minimum atomic E-state index is 0.569. The summed E-state index contributed by atoms with van der Waals surface area (Å²) in [5.74, 6) is 1.70. The maximum atomic E-state index is 3.78. The third kappa shape index (κ3) is 3.63. The van der Waals surface area contributed by atoms with Gasteiger partial charge in [-0.3, -0.25) is 0 Å². The van der Waals surface area contributed by atoms with Crippen molar-refractivity contribution in [2.45, 2.75) is 65.3 Å². The van der Waals surface area contributed by atoms with Crippen molar-refractivity contribution in [3.63, 3.8) is 0 Å². The zero-order valence-electron chi connectivity index (χ0n) is 13.5. The molecule has 2 rings (SSSR count). The SMILES string of the molecule is CCNC1c2ccccc2CCCC1CC(CC)CC. The van der Waals surface area contributed by atoms with Crippen LogP contribution in [-0.2, 0) is 6.42 Å². The fourth-order valence-electron chi connectivity index (χ4n) is 3.84. The topological polar surface area (TPSA) is 12.0 Å². The Hall–Kier alpha value is -0.820. The van der Waals surface area contributed by atoms with Crippen molar-refractivity contribution in [1.82, 2.24) is 5.32 Å². The normalized spacial score (nSPS) is 22.6. The Kier molecular flexibility index (Phi) is 6.09. The quantitative estimate of drug-likeness (QED) is 0.710. The summed E-state index contributed by atoms with van der Waals surface area (Å²) in [7, 11) is 0. The van der Waals surface area contributed by atoms with Crippen molar-refractivity contribution >= 4 is 0 Å². The van der Waals surface area contributed by atoms with E-state index in [0.717, 1.165) is 18.4 Å². The molecule has 1 N–H and O–H groups in total. The lowest BCUT2D eigenvalue weighted by Crippen LogP contribution is -2.29. The predicted molar refractivity (Wildman–Crippen MR) is 88.0 cm³/mol. The average Bonchev–Trinajstić information content (AvgIpc) is 2.65. The molecule has 0 aliphatic heterocycles. The molecule has 0 saturated carbocycles. The molecule has 0 aromatic heterocycles. The van der Waals surface area contributed by atoms with Crippen molar-refractivity contribution in [3.05, 3.63) is 35.4 Å². The molecule has 0 bridgehead atoms. The second-order valence-corrected chi connectivity index (χ2v) is 6.30. The van der Waals surface area contributed by atoms with Crippen LogP contribution in [0, 0.1) is 11.8 Å². The van der Waals surface area contributed by atoms with E-state index < -0.39 is 0 Å². The first-order chi connectivity index (χ1) is 9.80. The zero-order chi connectivity index (χ0) is 14.4. The zero-order valence-corrected chi connectivity index (χ0v) is 13.5. The molecule has 112 valence electrons. The van der Waals surface area contributed by atoms with Gasteiger partial charge in [0.1, 0.15) is 0 Å². The lowest BCUT2D eigenvalue weighted by Gasteiger charge is -2.30. The highest BCUT2D eigenvalue weighted by molar-refractivity contribution is 5.31. The summed E-state index contributed by atoms with van der Waals surface area (Å²) >= 11 is 0. The minimum Gasteiger partial charge on any atom is -0.310 e. The summed E-state index contributed by atoms with van der Waals surface area (Å²) in [4.78, 5) is 0. The highest BCUT2D eigenvalue weighted by Gasteiger charge is 2.28. The Morgan fingerprint density at radius 2 is 1.90 bits per heavy atom. The summed E-state index contributed by atoms with van der Waals surface area (Å²) in [5.41, 5.74) is 3.15. The van der Waals surface area contributed by atoms with E-state index in [0.29, 0.717) is 6.04 Å². The number of fused-ring (bicyclic) bond motifs is 1. The van der Waals surface area contributed by atoms with Gasteiger partial charge in [0.15, 0.2) is 0 Å². The van der Waals surface area contributed by atoms with E-state index in [-0.39, 0.29) is 0 Å². The van der Waals surface area contributed by atoms with Crippen LogP contribution in [0.5, 0.6) is 0 Å². The number of aryl methyl sites for hydroxylation is 1. The molecule has 0 amide bonds. The third-order valence-corrected chi connectivity index (χ3v) is 5.10. The molecule has 1 heteroatoms. The molecule has 0 radical (unpaired) electrons. The summed E-state index contributed by atoms with van der Waals surface area (Å²) < 4.78 is 0. The van der Waals surface area contributed by atoms with Gasteiger partial charge in [0.05, 0.1) is 0 Å². The van der Waals surface area contributed by atoms with Gasteiger partial charge < -0.3 is 5.32 Å². The molecular formula is C19H31N. The van der Waals surface area contributed by atoms with Gasteiger partial charge in [0.2, 0.25) is 0 Å². The fraction of sp³-hybridized carbons (Fsp3) is 0.684. The first-order valence-electron chi connectivity index (χ1n) is 8.61. The average molecular weight is 273 g/mol. The van der Waals surface area contributed by atoms with E-state index in [2.05, 4.69) is 50.4 Å². The van der Waals surface area contributed by atoms with Crippen molar-refractivity contribution in [1.29, 1.82) is 0 Å². The molecule has 0 spiro atoms. The highest BCUT2D eigenvalue weighted by atomic mass is 14.9. The van der Waals surface area contributed by atoms with Gasteiger partial charge in [-0.25, -0.2) is 0 Å². The molecule has 2 atom stereocenters. The van der Waals surface area contributed by atoms with Gasteiger partial charge in [0.25, 0.3) is 0 Å². The third-order valence-electron chi connectivity index (χ3n) is 5.10. The Morgan fingerprint density at radius 1 is 1.15 bits per heavy atom. The van der Waals surface area contributed by atoms with Gasteiger partial charge >= 0.3 is 0 Å². The number of rotatable bonds is 6. The van der Waals surface area contributed by atoms with Crippen LogP contribution >= 0.6 is 0 Å². The van der Waals surface area contributed by atoms with Gasteiger partial charge in [-0.2, -0.15) is 0 Å². The van der Waals surface area contributed by atoms with Gasteiger partial charge in [-0.05, 0) is 55.2 Å². The second-order valence-electron chi connectivity index (χ2n) is 6.30. The van der Waals surface area contributed by atoms with E-state index in [9.17, 15) is 0 Å². The van der Waals surface area contributed by atoms with Crippen molar-refractivity contribution in [3.8, 4) is 0 Å². The van der Waals surface area contributed by atoms with Gasteiger partial charge in [-0.15, -0.1) is 0 Å². The summed E-state index contributed by atoms with van der Waals surface area (Å²) in [6, 6.07) is 9.66. The van der Waals surface area contributed by atoms with E-state index in [1.54, 1.807) is 11.1 Å². The van der Waals surface area contributed by atoms with Crippen LogP contribution in [0.1, 0.15) is 70.0 Å². The molecule has 2 unspecified atom stereocenters. The van der Waals surface area contributed by atoms with Gasteiger partial charge in [0, 0.05) is 6.04 Å². The second kappa shape index (κ2) is 7.83. The summed E-state index contributed by atoms with van der Waals surface area (Å²) in [6.45, 7) is 8.00. The minimum absolute atomic E-state index is 0.569. The van der Waals surface area contributed by atoms with E-state index in [1.807, 2.05) is 0 Å². The number of benzene rings is 1. The summed E-state index contributed by atoms with van der Waals surface area (Å²) in [6.07, 6.45) is 8.03. The van der Waals surface area contributed by atoms with Crippen LogP contribution in [0.2, 0.25) is 0 Å². The van der Waals surface area contributed by atoms with Crippen LogP contribution in [-0.4, -0.2) is 6.54 Å². The Bertz CT molecular complexity index is 395. The number of nitrogens with one attached hydrogen (secondary N) is 1. The Labute approximate surface area is 125 Å². The van der Waals surface area contributed by atoms with Crippen molar-refractivity contribution in [2.24, 2.45) is 11.8 Å². The molecule has 0 fully saturated rings. The van der Waals surface area contributed by atoms with E-state index >= 15 is 0 Å². The number of hydrogen-bond acceptors (Lipinski definition) is 1. The molecule has 20 heavy (non-hydrogen) atoms. The maximum Gasteiger partial charge on any atom is 0.0351 e. The maximum absolute atomic E-state index is 3.78. The molecule has 0 heterocycles. The smallest absolute Gasteiger partial charge is 0.0351 e. The number of hydrogen-bond donors (Lipinski definition) is 1. The van der Waals surface area contributed by atoms with Crippen LogP contribution in [0.3, 0.4) is 0 Å². The van der Waals surface area contributed by atoms with E-state index in [4.69, 9.17) is 0 Å². The summed E-state index contributed by atoms with van der Waals surface area (Å²) in [5, 5.41) is 3.78.